The number of hydrogen-bond acceptors (Lipinski definition) is 3. The molecule has 1 rings (SSSR count). The molecule has 0 spiro atoms. The third-order valence-electron chi connectivity index (χ3n) is 2.41. The van der Waals surface area contributed by atoms with Crippen molar-refractivity contribution in [2.75, 3.05) is 5.32 Å². The van der Waals surface area contributed by atoms with E-state index in [9.17, 15) is 14.0 Å². The van der Waals surface area contributed by atoms with E-state index in [0.29, 0.717) is 5.69 Å². The number of carbonyl (C=O) groups is 2. The lowest BCUT2D eigenvalue weighted by atomic mass is 10.1. The molecule has 0 aliphatic rings. The Morgan fingerprint density at radius 2 is 2.00 bits per heavy atom. The Balaban J connectivity index is 2.71. The first-order valence-electron chi connectivity index (χ1n) is 6.30. The first kappa shape index (κ1) is 15.9. The summed E-state index contributed by atoms with van der Waals surface area (Å²) in [6.07, 6.45) is -0.108. The van der Waals surface area contributed by atoms with E-state index in [4.69, 9.17) is 5.73 Å². The van der Waals surface area contributed by atoms with E-state index in [-0.39, 0.29) is 12.3 Å². The number of amides is 2. The summed E-state index contributed by atoms with van der Waals surface area (Å²) in [7, 11) is 0. The fourth-order valence-electron chi connectivity index (χ4n) is 1.66. The SMILES string of the molecule is CC(C)(C)NC(=O)CC(Nc1cccc(F)c1)C(N)=O. The van der Waals surface area contributed by atoms with Crippen molar-refractivity contribution in [2.24, 2.45) is 5.73 Å². The summed E-state index contributed by atoms with van der Waals surface area (Å²) in [5.74, 6) is -1.40. The van der Waals surface area contributed by atoms with Crippen molar-refractivity contribution in [3.63, 3.8) is 0 Å². The minimum Gasteiger partial charge on any atom is -0.373 e. The fraction of sp³-hybridized carbons (Fsp3) is 0.429. The molecule has 6 heteroatoms. The lowest BCUT2D eigenvalue weighted by molar-refractivity contribution is -0.126. The smallest absolute Gasteiger partial charge is 0.240 e. The molecule has 110 valence electrons. The number of hydrogen-bond donors (Lipinski definition) is 3. The van der Waals surface area contributed by atoms with Crippen molar-refractivity contribution in [1.29, 1.82) is 0 Å². The van der Waals surface area contributed by atoms with Crippen LogP contribution >= 0.6 is 0 Å². The van der Waals surface area contributed by atoms with E-state index >= 15 is 0 Å². The summed E-state index contributed by atoms with van der Waals surface area (Å²) in [6.45, 7) is 5.51. The third-order valence-corrected chi connectivity index (χ3v) is 2.41. The van der Waals surface area contributed by atoms with Gasteiger partial charge in [-0.2, -0.15) is 0 Å². The van der Waals surface area contributed by atoms with Crippen LogP contribution in [0, 0.1) is 5.82 Å². The number of benzene rings is 1. The van der Waals surface area contributed by atoms with Crippen LogP contribution in [0.4, 0.5) is 10.1 Å². The number of carbonyl (C=O) groups excluding carboxylic acids is 2. The predicted molar refractivity (Wildman–Crippen MR) is 75.5 cm³/mol. The molecule has 0 saturated carbocycles. The minimum absolute atomic E-state index is 0.108. The molecule has 0 aromatic heterocycles. The molecule has 0 bridgehead atoms. The van der Waals surface area contributed by atoms with Crippen LogP contribution < -0.4 is 16.4 Å². The first-order valence-corrected chi connectivity index (χ1v) is 6.30. The highest BCUT2D eigenvalue weighted by Gasteiger charge is 2.22. The first-order chi connectivity index (χ1) is 9.17. The zero-order valence-corrected chi connectivity index (χ0v) is 11.9. The van der Waals surface area contributed by atoms with Crippen molar-refractivity contribution in [1.82, 2.24) is 5.32 Å². The number of nitrogens with two attached hydrogens (primary N) is 1. The van der Waals surface area contributed by atoms with Gasteiger partial charge in [-0.3, -0.25) is 9.59 Å². The highest BCUT2D eigenvalue weighted by Crippen LogP contribution is 2.12. The van der Waals surface area contributed by atoms with Crippen molar-refractivity contribution >= 4 is 17.5 Å². The second-order valence-corrected chi connectivity index (χ2v) is 5.61. The molecule has 0 aliphatic heterocycles. The van der Waals surface area contributed by atoms with Crippen molar-refractivity contribution in [3.8, 4) is 0 Å². The van der Waals surface area contributed by atoms with Crippen LogP contribution in [-0.2, 0) is 9.59 Å². The topological polar surface area (TPSA) is 84.2 Å². The van der Waals surface area contributed by atoms with Crippen molar-refractivity contribution < 1.29 is 14.0 Å². The lowest BCUT2D eigenvalue weighted by Gasteiger charge is -2.23. The Morgan fingerprint density at radius 3 is 2.50 bits per heavy atom. The molecule has 4 N–H and O–H groups in total. The molecule has 0 fully saturated rings. The van der Waals surface area contributed by atoms with Crippen molar-refractivity contribution in [3.05, 3.63) is 30.1 Å². The Bertz CT molecular complexity index is 497. The summed E-state index contributed by atoms with van der Waals surface area (Å²) in [5.41, 5.74) is 5.27. The van der Waals surface area contributed by atoms with Gasteiger partial charge in [-0.25, -0.2) is 4.39 Å². The zero-order valence-electron chi connectivity index (χ0n) is 11.9. The molecule has 1 aromatic carbocycles. The molecule has 0 saturated heterocycles. The van der Waals surface area contributed by atoms with E-state index < -0.39 is 23.3 Å². The fourth-order valence-corrected chi connectivity index (χ4v) is 1.66. The average Bonchev–Trinajstić information content (AvgIpc) is 2.25. The lowest BCUT2D eigenvalue weighted by Crippen LogP contribution is -2.45. The van der Waals surface area contributed by atoms with Crippen LogP contribution in [0.5, 0.6) is 0 Å². The van der Waals surface area contributed by atoms with Crippen LogP contribution in [0.15, 0.2) is 24.3 Å². The maximum Gasteiger partial charge on any atom is 0.240 e. The van der Waals surface area contributed by atoms with Crippen molar-refractivity contribution in [2.45, 2.75) is 38.8 Å². The summed E-state index contributed by atoms with van der Waals surface area (Å²) in [5, 5.41) is 5.50. The number of halogens is 1. The number of nitrogens with one attached hydrogen (secondary N) is 2. The molecule has 5 nitrogen and oxygen atoms in total. The molecule has 2 amide bonds. The van der Waals surface area contributed by atoms with Crippen LogP contribution in [0.3, 0.4) is 0 Å². The van der Waals surface area contributed by atoms with E-state index in [1.165, 1.54) is 18.2 Å². The molecule has 1 atom stereocenters. The van der Waals surface area contributed by atoms with Gasteiger partial charge in [-0.05, 0) is 39.0 Å². The predicted octanol–water partition coefficient (Wildman–Crippen LogP) is 1.40. The average molecular weight is 281 g/mol. The molecule has 20 heavy (non-hydrogen) atoms. The number of rotatable bonds is 5. The highest BCUT2D eigenvalue weighted by atomic mass is 19.1. The molecule has 0 aliphatic carbocycles. The van der Waals surface area contributed by atoms with Crippen LogP contribution in [-0.4, -0.2) is 23.4 Å². The monoisotopic (exact) mass is 281 g/mol. The second kappa shape index (κ2) is 6.36. The van der Waals surface area contributed by atoms with Gasteiger partial charge in [0.2, 0.25) is 11.8 Å². The Morgan fingerprint density at radius 1 is 1.35 bits per heavy atom. The van der Waals surface area contributed by atoms with E-state index in [2.05, 4.69) is 10.6 Å². The van der Waals surface area contributed by atoms with Gasteiger partial charge in [-0.1, -0.05) is 6.07 Å². The largest absolute Gasteiger partial charge is 0.373 e. The van der Waals surface area contributed by atoms with E-state index in [0.717, 1.165) is 0 Å². The normalized spacial score (nSPS) is 12.6. The second-order valence-electron chi connectivity index (χ2n) is 5.61. The molecule has 1 unspecified atom stereocenters. The van der Waals surface area contributed by atoms with Crippen LogP contribution in [0.1, 0.15) is 27.2 Å². The molecule has 0 heterocycles. The summed E-state index contributed by atoms with van der Waals surface area (Å²) in [4.78, 5) is 23.2. The summed E-state index contributed by atoms with van der Waals surface area (Å²) < 4.78 is 13.1. The molecule has 0 radical (unpaired) electrons. The minimum atomic E-state index is -0.890. The molecule has 1 aromatic rings. The Labute approximate surface area is 117 Å². The highest BCUT2D eigenvalue weighted by molar-refractivity contribution is 5.89. The van der Waals surface area contributed by atoms with Gasteiger partial charge in [0, 0.05) is 11.2 Å². The summed E-state index contributed by atoms with van der Waals surface area (Å²) in [6, 6.07) is 4.74. The molecular formula is C14H20FN3O2. The van der Waals surface area contributed by atoms with Gasteiger partial charge >= 0.3 is 0 Å². The number of primary amides is 1. The van der Waals surface area contributed by atoms with Crippen LogP contribution in [0.2, 0.25) is 0 Å². The van der Waals surface area contributed by atoms with E-state index in [1.807, 2.05) is 20.8 Å². The quantitative estimate of drug-likeness (QED) is 0.762. The van der Waals surface area contributed by atoms with E-state index in [1.54, 1.807) is 6.07 Å². The Kier molecular flexibility index (Phi) is 5.07. The zero-order chi connectivity index (χ0) is 15.3. The Hall–Kier alpha value is -2.11. The van der Waals surface area contributed by atoms with Gasteiger partial charge in [0.15, 0.2) is 0 Å². The van der Waals surface area contributed by atoms with Gasteiger partial charge < -0.3 is 16.4 Å². The van der Waals surface area contributed by atoms with Gasteiger partial charge in [0.25, 0.3) is 0 Å². The molecular weight excluding hydrogens is 261 g/mol. The maximum atomic E-state index is 13.1. The summed E-state index contributed by atoms with van der Waals surface area (Å²) >= 11 is 0. The number of anilines is 1. The van der Waals surface area contributed by atoms with Gasteiger partial charge in [0.1, 0.15) is 11.9 Å². The van der Waals surface area contributed by atoms with Gasteiger partial charge in [0.05, 0.1) is 6.42 Å². The van der Waals surface area contributed by atoms with Gasteiger partial charge in [-0.15, -0.1) is 0 Å². The standard InChI is InChI=1S/C14H20FN3O2/c1-14(2,3)18-12(19)8-11(13(16)20)17-10-6-4-5-9(15)7-10/h4-7,11,17H,8H2,1-3H3,(H2,16,20)(H,18,19). The van der Waals surface area contributed by atoms with Crippen LogP contribution in [0.25, 0.3) is 0 Å². The third kappa shape index (κ3) is 5.69. The maximum absolute atomic E-state index is 13.1.